The number of nitrogens with one attached hydrogen (secondary N) is 1. The molecule has 2 N–H and O–H groups in total. The van der Waals surface area contributed by atoms with Gasteiger partial charge in [-0.05, 0) is 30.9 Å². The fourth-order valence-corrected chi connectivity index (χ4v) is 2.62. The summed E-state index contributed by atoms with van der Waals surface area (Å²) >= 11 is 0. The van der Waals surface area contributed by atoms with Crippen LogP contribution in [-0.2, 0) is 16.8 Å². The first-order valence-corrected chi connectivity index (χ1v) is 6.35. The molecule has 1 aromatic carbocycles. The Labute approximate surface area is 107 Å². The molecular weight excluding hydrogens is 230 g/mol. The molecule has 98 valence electrons. The van der Waals surface area contributed by atoms with E-state index in [1.807, 2.05) is 31.2 Å². The van der Waals surface area contributed by atoms with E-state index >= 15 is 0 Å². The maximum atomic E-state index is 11.5. The lowest BCUT2D eigenvalue weighted by atomic mass is 9.90. The normalized spacial score (nSPS) is 25.6. The highest BCUT2D eigenvalue weighted by molar-refractivity contribution is 5.68. The first kappa shape index (κ1) is 12.9. The van der Waals surface area contributed by atoms with Crippen LogP contribution in [0.4, 0.5) is 4.79 Å². The van der Waals surface area contributed by atoms with Gasteiger partial charge in [-0.2, -0.15) is 0 Å². The fraction of sp³-hybridized carbons (Fsp3) is 0.500. The molecule has 1 amide bonds. The van der Waals surface area contributed by atoms with Crippen molar-refractivity contribution >= 4 is 6.09 Å². The van der Waals surface area contributed by atoms with Crippen LogP contribution in [0.15, 0.2) is 24.3 Å². The third-order valence-electron chi connectivity index (χ3n) is 3.59. The van der Waals surface area contributed by atoms with E-state index < -0.39 is 11.7 Å². The van der Waals surface area contributed by atoms with Gasteiger partial charge in [-0.1, -0.05) is 31.2 Å². The van der Waals surface area contributed by atoms with Gasteiger partial charge < -0.3 is 15.2 Å². The van der Waals surface area contributed by atoms with Gasteiger partial charge >= 0.3 is 6.09 Å². The number of rotatable bonds is 3. The van der Waals surface area contributed by atoms with Crippen molar-refractivity contribution in [3.8, 4) is 0 Å². The number of ether oxygens (including phenoxy) is 1. The zero-order valence-electron chi connectivity index (χ0n) is 10.8. The lowest BCUT2D eigenvalue weighted by Crippen LogP contribution is -2.48. The third-order valence-corrected chi connectivity index (χ3v) is 3.59. The topological polar surface area (TPSA) is 58.6 Å². The highest BCUT2D eigenvalue weighted by Gasteiger charge is 2.44. The van der Waals surface area contributed by atoms with Gasteiger partial charge in [0.15, 0.2) is 0 Å². The van der Waals surface area contributed by atoms with Crippen LogP contribution in [0.1, 0.15) is 31.4 Å². The van der Waals surface area contributed by atoms with Crippen molar-refractivity contribution in [3.05, 3.63) is 35.4 Å². The van der Waals surface area contributed by atoms with Crippen molar-refractivity contribution in [1.29, 1.82) is 0 Å². The second-order valence-corrected chi connectivity index (χ2v) is 4.56. The quantitative estimate of drug-likeness (QED) is 0.861. The Bertz CT molecular complexity index is 446. The van der Waals surface area contributed by atoms with E-state index in [4.69, 9.17) is 4.74 Å². The van der Waals surface area contributed by atoms with Gasteiger partial charge in [-0.25, -0.2) is 4.79 Å². The molecule has 1 aliphatic carbocycles. The smallest absolute Gasteiger partial charge is 0.407 e. The number of benzene rings is 1. The monoisotopic (exact) mass is 249 g/mol. The number of aliphatic hydroxyl groups is 1. The molecule has 4 nitrogen and oxygen atoms in total. The minimum absolute atomic E-state index is 0.320. The summed E-state index contributed by atoms with van der Waals surface area (Å²) in [4.78, 5) is 11.5. The van der Waals surface area contributed by atoms with Crippen LogP contribution in [0.5, 0.6) is 0 Å². The molecule has 18 heavy (non-hydrogen) atoms. The zero-order chi connectivity index (χ0) is 13.2. The highest BCUT2D eigenvalue weighted by atomic mass is 16.5. The van der Waals surface area contributed by atoms with E-state index in [9.17, 15) is 9.90 Å². The predicted octanol–water partition coefficient (Wildman–Crippen LogP) is 1.96. The van der Waals surface area contributed by atoms with Gasteiger partial charge in [0.1, 0.15) is 5.60 Å². The molecule has 2 rings (SSSR count). The lowest BCUT2D eigenvalue weighted by molar-refractivity contribution is 0.00402. The van der Waals surface area contributed by atoms with Gasteiger partial charge in [-0.15, -0.1) is 0 Å². The maximum absolute atomic E-state index is 11.5. The summed E-state index contributed by atoms with van der Waals surface area (Å²) in [5.41, 5.74) is 1.00. The van der Waals surface area contributed by atoms with Gasteiger partial charge in [0.2, 0.25) is 0 Å². The van der Waals surface area contributed by atoms with Crippen LogP contribution in [0, 0.1) is 0 Å². The molecule has 1 aliphatic rings. The second kappa shape index (κ2) is 4.98. The van der Waals surface area contributed by atoms with Crippen LogP contribution in [-0.4, -0.2) is 23.8 Å². The van der Waals surface area contributed by atoms with E-state index in [0.29, 0.717) is 19.4 Å². The SMILES string of the molecule is CCOC(=O)N[C@H]1Cc2ccccc2[C@@]1(O)CC. The molecule has 0 heterocycles. The summed E-state index contributed by atoms with van der Waals surface area (Å²) in [6, 6.07) is 7.45. The lowest BCUT2D eigenvalue weighted by Gasteiger charge is -2.30. The molecule has 1 aromatic rings. The van der Waals surface area contributed by atoms with Crippen LogP contribution >= 0.6 is 0 Å². The number of hydrogen-bond acceptors (Lipinski definition) is 3. The van der Waals surface area contributed by atoms with Crippen LogP contribution < -0.4 is 5.32 Å². The minimum atomic E-state index is -0.997. The Morgan fingerprint density at radius 2 is 2.22 bits per heavy atom. The molecule has 0 unspecified atom stereocenters. The summed E-state index contributed by atoms with van der Waals surface area (Å²) in [6.07, 6.45) is 0.725. The number of amides is 1. The minimum Gasteiger partial charge on any atom is -0.450 e. The van der Waals surface area contributed by atoms with E-state index in [-0.39, 0.29) is 6.04 Å². The summed E-state index contributed by atoms with van der Waals surface area (Å²) in [5, 5.41) is 13.5. The summed E-state index contributed by atoms with van der Waals surface area (Å²) in [7, 11) is 0. The second-order valence-electron chi connectivity index (χ2n) is 4.56. The molecule has 0 aliphatic heterocycles. The van der Waals surface area contributed by atoms with Crippen molar-refractivity contribution in [2.45, 2.75) is 38.3 Å². The number of carbonyl (C=O) groups is 1. The highest BCUT2D eigenvalue weighted by Crippen LogP contribution is 2.39. The molecule has 0 radical (unpaired) electrons. The molecule has 0 bridgehead atoms. The fourth-order valence-electron chi connectivity index (χ4n) is 2.62. The summed E-state index contributed by atoms with van der Waals surface area (Å²) in [5.74, 6) is 0. The standard InChI is InChI=1S/C14H19NO3/c1-3-14(17)11-8-6-5-7-10(11)9-12(14)15-13(16)18-4-2/h5-8,12,17H,3-4,9H2,1-2H3,(H,15,16)/t12-,14-/m0/s1. The average molecular weight is 249 g/mol. The zero-order valence-corrected chi connectivity index (χ0v) is 10.8. The Hall–Kier alpha value is -1.55. The maximum Gasteiger partial charge on any atom is 0.407 e. The van der Waals surface area contributed by atoms with Crippen molar-refractivity contribution in [2.75, 3.05) is 6.61 Å². The number of alkyl carbamates (subject to hydrolysis) is 1. The van der Waals surface area contributed by atoms with E-state index in [2.05, 4.69) is 5.32 Å². The van der Waals surface area contributed by atoms with Crippen molar-refractivity contribution in [2.24, 2.45) is 0 Å². The van der Waals surface area contributed by atoms with E-state index in [1.165, 1.54) is 0 Å². The molecule has 4 heteroatoms. The van der Waals surface area contributed by atoms with Gasteiger partial charge in [0.25, 0.3) is 0 Å². The predicted molar refractivity (Wildman–Crippen MR) is 68.3 cm³/mol. The Morgan fingerprint density at radius 3 is 2.89 bits per heavy atom. The van der Waals surface area contributed by atoms with Gasteiger partial charge in [0.05, 0.1) is 12.6 Å². The molecule has 0 spiro atoms. The van der Waals surface area contributed by atoms with Crippen molar-refractivity contribution in [1.82, 2.24) is 5.32 Å². The molecule has 0 aromatic heterocycles. The molecule has 0 fully saturated rings. The molecule has 2 atom stereocenters. The van der Waals surface area contributed by atoms with Crippen LogP contribution in [0.3, 0.4) is 0 Å². The Balaban J connectivity index is 2.22. The average Bonchev–Trinajstić information content (AvgIpc) is 2.64. The Morgan fingerprint density at radius 1 is 1.50 bits per heavy atom. The first-order valence-electron chi connectivity index (χ1n) is 6.35. The number of fused-ring (bicyclic) bond motifs is 1. The van der Waals surface area contributed by atoms with E-state index in [0.717, 1.165) is 11.1 Å². The third kappa shape index (κ3) is 2.08. The van der Waals surface area contributed by atoms with Crippen molar-refractivity contribution in [3.63, 3.8) is 0 Å². The first-order chi connectivity index (χ1) is 8.61. The van der Waals surface area contributed by atoms with Gasteiger partial charge in [0, 0.05) is 0 Å². The molecule has 0 saturated carbocycles. The number of hydrogen-bond donors (Lipinski definition) is 2. The summed E-state index contributed by atoms with van der Waals surface area (Å²) in [6.45, 7) is 4.01. The van der Waals surface area contributed by atoms with Gasteiger partial charge in [-0.3, -0.25) is 0 Å². The largest absolute Gasteiger partial charge is 0.450 e. The molecule has 0 saturated heterocycles. The summed E-state index contributed by atoms with van der Waals surface area (Å²) < 4.78 is 4.88. The van der Waals surface area contributed by atoms with Crippen LogP contribution in [0.2, 0.25) is 0 Å². The van der Waals surface area contributed by atoms with E-state index in [1.54, 1.807) is 6.92 Å². The number of carbonyl (C=O) groups excluding carboxylic acids is 1. The Kier molecular flexibility index (Phi) is 3.57. The molecular formula is C14H19NO3. The van der Waals surface area contributed by atoms with Crippen LogP contribution in [0.25, 0.3) is 0 Å². The van der Waals surface area contributed by atoms with Crippen molar-refractivity contribution < 1.29 is 14.6 Å².